The summed E-state index contributed by atoms with van der Waals surface area (Å²) in [6.07, 6.45) is 2.38. The van der Waals surface area contributed by atoms with E-state index < -0.39 is 0 Å². The van der Waals surface area contributed by atoms with Crippen LogP contribution >= 0.6 is 24.0 Å². The molecule has 54 valence electrons. The molecule has 0 fully saturated rings. The minimum atomic E-state index is 0.0454. The van der Waals surface area contributed by atoms with Crippen LogP contribution in [0.15, 0.2) is 0 Å². The maximum absolute atomic E-state index is 8.47. The van der Waals surface area contributed by atoms with E-state index in [1.165, 1.54) is 12.8 Å². The molecule has 0 aliphatic carbocycles. The summed E-state index contributed by atoms with van der Waals surface area (Å²) in [7, 11) is 0. The van der Waals surface area contributed by atoms with Crippen LogP contribution in [0.4, 0.5) is 0 Å². The fourth-order valence-electron chi connectivity index (χ4n) is 0.376. The molecule has 0 saturated carbocycles. The lowest BCUT2D eigenvalue weighted by Gasteiger charge is -1.96. The van der Waals surface area contributed by atoms with Crippen LogP contribution in [-0.2, 0) is 0 Å². The van der Waals surface area contributed by atoms with Gasteiger partial charge >= 0.3 is 0 Å². The Morgan fingerprint density at radius 3 is 2.78 bits per heavy atom. The van der Waals surface area contributed by atoms with Gasteiger partial charge in [0.25, 0.3) is 0 Å². The van der Waals surface area contributed by atoms with Crippen molar-refractivity contribution in [3.63, 3.8) is 0 Å². The summed E-state index contributed by atoms with van der Waals surface area (Å²) < 4.78 is 0.712. The molecule has 0 aromatic rings. The Bertz CT molecular complexity index is 83.1. The molecule has 0 aliphatic heterocycles. The lowest BCUT2D eigenvalue weighted by Crippen LogP contribution is -1.95. The highest BCUT2D eigenvalue weighted by Gasteiger charge is 1.92. The van der Waals surface area contributed by atoms with Gasteiger partial charge in [-0.3, -0.25) is 0 Å². The molecule has 0 bridgehead atoms. The quantitative estimate of drug-likeness (QED) is 0.506. The summed E-state index contributed by atoms with van der Waals surface area (Å²) in [5, 5.41) is 8.47. The van der Waals surface area contributed by atoms with E-state index in [9.17, 15) is 0 Å². The third kappa shape index (κ3) is 6.28. The van der Waals surface area contributed by atoms with E-state index in [1.807, 2.05) is 0 Å². The van der Waals surface area contributed by atoms with E-state index in [2.05, 4.69) is 6.92 Å². The van der Waals surface area contributed by atoms with Gasteiger partial charge in [0, 0.05) is 0 Å². The Balaban J connectivity index is 2.97. The fraction of sp³-hybridized carbons (Fsp3) is 0.833. The smallest absolute Gasteiger partial charge is 0.0842 e. The zero-order valence-electron chi connectivity index (χ0n) is 5.59. The largest absolute Gasteiger partial charge is 0.390 e. The molecule has 0 spiro atoms. The summed E-state index contributed by atoms with van der Waals surface area (Å²) in [5.74, 6) is 1.05. The highest BCUT2D eigenvalue weighted by atomic mass is 32.2. The van der Waals surface area contributed by atoms with E-state index in [4.69, 9.17) is 17.3 Å². The van der Waals surface area contributed by atoms with Gasteiger partial charge in [-0.2, -0.15) is 0 Å². The maximum atomic E-state index is 8.47. The lowest BCUT2D eigenvalue weighted by molar-refractivity contribution is 0.362. The van der Waals surface area contributed by atoms with Gasteiger partial charge in [-0.25, -0.2) is 0 Å². The molecule has 0 atom stereocenters. The molecule has 9 heavy (non-hydrogen) atoms. The van der Waals surface area contributed by atoms with Crippen LogP contribution in [0, 0.1) is 0 Å². The van der Waals surface area contributed by atoms with Crippen LogP contribution in [0.1, 0.15) is 19.8 Å². The van der Waals surface area contributed by atoms with Crippen molar-refractivity contribution in [3.8, 4) is 0 Å². The van der Waals surface area contributed by atoms with Crippen molar-refractivity contribution in [2.45, 2.75) is 19.8 Å². The van der Waals surface area contributed by atoms with Gasteiger partial charge in [0.1, 0.15) is 0 Å². The molecule has 0 amide bonds. The van der Waals surface area contributed by atoms with Gasteiger partial charge in [0.05, 0.1) is 10.8 Å². The topological polar surface area (TPSA) is 20.2 Å². The number of unbranched alkanes of at least 4 members (excludes halogenated alkanes) is 1. The molecule has 0 radical (unpaired) electrons. The standard InChI is InChI=1S/C6H12OS2/c1-2-3-4-9-6(8)5-7/h7H,2-5H2,1H3. The monoisotopic (exact) mass is 164 g/mol. The van der Waals surface area contributed by atoms with Crippen molar-refractivity contribution >= 4 is 28.2 Å². The van der Waals surface area contributed by atoms with E-state index in [0.717, 1.165) is 5.75 Å². The number of rotatable bonds is 4. The maximum Gasteiger partial charge on any atom is 0.0842 e. The van der Waals surface area contributed by atoms with Gasteiger partial charge in [0.2, 0.25) is 0 Å². The van der Waals surface area contributed by atoms with E-state index in [1.54, 1.807) is 11.8 Å². The Labute approximate surface area is 65.8 Å². The van der Waals surface area contributed by atoms with Crippen molar-refractivity contribution in [2.75, 3.05) is 12.4 Å². The van der Waals surface area contributed by atoms with Crippen LogP contribution in [0.25, 0.3) is 0 Å². The summed E-state index contributed by atoms with van der Waals surface area (Å²) in [4.78, 5) is 0. The third-order valence-corrected chi connectivity index (χ3v) is 2.32. The second-order valence-electron chi connectivity index (χ2n) is 1.73. The van der Waals surface area contributed by atoms with Crippen LogP contribution < -0.4 is 0 Å². The molecule has 1 N–H and O–H groups in total. The van der Waals surface area contributed by atoms with E-state index in [0.29, 0.717) is 4.20 Å². The van der Waals surface area contributed by atoms with Crippen molar-refractivity contribution in [2.24, 2.45) is 0 Å². The molecular weight excluding hydrogens is 152 g/mol. The summed E-state index contributed by atoms with van der Waals surface area (Å²) in [6, 6.07) is 0. The predicted octanol–water partition coefficient (Wildman–Crippen LogP) is 1.84. The van der Waals surface area contributed by atoms with Crippen LogP contribution in [-0.4, -0.2) is 21.7 Å². The van der Waals surface area contributed by atoms with Crippen molar-refractivity contribution in [1.29, 1.82) is 0 Å². The van der Waals surface area contributed by atoms with E-state index in [-0.39, 0.29) is 6.61 Å². The van der Waals surface area contributed by atoms with Gasteiger partial charge in [-0.15, -0.1) is 11.8 Å². The molecule has 0 aliphatic rings. The summed E-state index contributed by atoms with van der Waals surface area (Å²) in [5.41, 5.74) is 0. The first-order valence-corrected chi connectivity index (χ1v) is 4.47. The summed E-state index contributed by atoms with van der Waals surface area (Å²) in [6.45, 7) is 2.19. The van der Waals surface area contributed by atoms with Gasteiger partial charge in [-0.1, -0.05) is 25.6 Å². The molecule has 3 heteroatoms. The summed E-state index contributed by atoms with van der Waals surface area (Å²) >= 11 is 6.36. The van der Waals surface area contributed by atoms with Crippen LogP contribution in [0.5, 0.6) is 0 Å². The number of thioether (sulfide) groups is 1. The minimum absolute atomic E-state index is 0.0454. The average molecular weight is 164 g/mol. The first-order chi connectivity index (χ1) is 4.31. The third-order valence-electron chi connectivity index (χ3n) is 0.890. The Morgan fingerprint density at radius 1 is 1.67 bits per heavy atom. The molecule has 0 aromatic heterocycles. The SMILES string of the molecule is CCCCSC(=S)CO. The first kappa shape index (κ1) is 9.40. The normalized spacial score (nSPS) is 9.56. The first-order valence-electron chi connectivity index (χ1n) is 3.07. The highest BCUT2D eigenvalue weighted by molar-refractivity contribution is 8.23. The minimum Gasteiger partial charge on any atom is -0.390 e. The number of thiocarbonyl (C=S) groups is 1. The second kappa shape index (κ2) is 6.52. The lowest BCUT2D eigenvalue weighted by atomic mass is 10.4. The van der Waals surface area contributed by atoms with Crippen molar-refractivity contribution < 1.29 is 5.11 Å². The second-order valence-corrected chi connectivity index (χ2v) is 3.67. The zero-order chi connectivity index (χ0) is 7.11. The molecule has 0 heterocycles. The van der Waals surface area contributed by atoms with E-state index >= 15 is 0 Å². The number of hydrogen-bond acceptors (Lipinski definition) is 3. The Morgan fingerprint density at radius 2 is 2.33 bits per heavy atom. The number of aliphatic hydroxyl groups is 1. The highest BCUT2D eigenvalue weighted by Crippen LogP contribution is 2.06. The fourth-order valence-corrected chi connectivity index (χ4v) is 1.38. The van der Waals surface area contributed by atoms with Crippen molar-refractivity contribution in [3.05, 3.63) is 0 Å². The van der Waals surface area contributed by atoms with Crippen LogP contribution in [0.3, 0.4) is 0 Å². The molecule has 0 aromatic carbocycles. The van der Waals surface area contributed by atoms with Crippen molar-refractivity contribution in [1.82, 2.24) is 0 Å². The Hall–Kier alpha value is 0.400. The van der Waals surface area contributed by atoms with Gasteiger partial charge in [0.15, 0.2) is 0 Å². The van der Waals surface area contributed by atoms with Crippen LogP contribution in [0.2, 0.25) is 0 Å². The molecule has 1 nitrogen and oxygen atoms in total. The van der Waals surface area contributed by atoms with Gasteiger partial charge in [-0.05, 0) is 12.2 Å². The molecular formula is C6H12OS2. The molecule has 0 unspecified atom stereocenters. The number of aliphatic hydroxyl groups excluding tert-OH is 1. The molecule has 0 saturated heterocycles. The number of hydrogen-bond donors (Lipinski definition) is 1. The average Bonchev–Trinajstić information content (AvgIpc) is 1.89. The zero-order valence-corrected chi connectivity index (χ0v) is 7.23. The Kier molecular flexibility index (Phi) is 6.81. The predicted molar refractivity (Wildman–Crippen MR) is 47.0 cm³/mol. The molecule has 0 rings (SSSR count). The van der Waals surface area contributed by atoms with Gasteiger partial charge < -0.3 is 5.11 Å².